The molecule has 0 amide bonds. The zero-order chi connectivity index (χ0) is 19.7. The topological polar surface area (TPSA) is 17.8 Å². The van der Waals surface area contributed by atoms with Crippen LogP contribution in [0.2, 0.25) is 0 Å². The monoisotopic (exact) mass is 364 g/mol. The van der Waals surface area contributed by atoms with E-state index in [-0.39, 0.29) is 0 Å². The fourth-order valence-corrected chi connectivity index (χ4v) is 3.91. The maximum atomic E-state index is 5.03. The van der Waals surface area contributed by atoms with Crippen molar-refractivity contribution in [1.29, 1.82) is 0 Å². The number of benzene rings is 3. The van der Waals surface area contributed by atoms with E-state index in [9.17, 15) is 0 Å². The van der Waals surface area contributed by atoms with Gasteiger partial charge in [-0.25, -0.2) is 4.98 Å². The van der Waals surface area contributed by atoms with Gasteiger partial charge in [-0.1, -0.05) is 53.9 Å². The molecule has 0 unspecified atom stereocenters. The minimum absolute atomic E-state index is 0.867. The molecule has 0 spiro atoms. The molecular formula is C26H24N2. The first-order valence-electron chi connectivity index (χ1n) is 9.72. The van der Waals surface area contributed by atoms with Crippen LogP contribution in [0.25, 0.3) is 33.5 Å². The number of imidazole rings is 1. The second-order valence-corrected chi connectivity index (χ2v) is 7.12. The van der Waals surface area contributed by atoms with Crippen molar-refractivity contribution >= 4 is 11.0 Å². The van der Waals surface area contributed by atoms with Crippen LogP contribution in [0.4, 0.5) is 0 Å². The van der Waals surface area contributed by atoms with Crippen molar-refractivity contribution in [3.63, 3.8) is 0 Å². The Morgan fingerprint density at radius 1 is 0.893 bits per heavy atom. The number of hydrogen-bond acceptors (Lipinski definition) is 1. The Morgan fingerprint density at radius 2 is 1.68 bits per heavy atom. The Bertz CT molecular complexity index is 1230. The van der Waals surface area contributed by atoms with Gasteiger partial charge in [-0.2, -0.15) is 0 Å². The number of aryl methyl sites for hydroxylation is 3. The summed E-state index contributed by atoms with van der Waals surface area (Å²) in [5.74, 6) is 7.12. The van der Waals surface area contributed by atoms with Crippen LogP contribution in [0.1, 0.15) is 30.5 Å². The van der Waals surface area contributed by atoms with Gasteiger partial charge < -0.3 is 4.57 Å². The van der Waals surface area contributed by atoms with Crippen molar-refractivity contribution in [3.8, 4) is 34.4 Å². The number of rotatable bonds is 3. The number of fused-ring (bicyclic) bond motifs is 1. The molecule has 0 saturated carbocycles. The molecule has 28 heavy (non-hydrogen) atoms. The second kappa shape index (κ2) is 7.37. The van der Waals surface area contributed by atoms with Crippen molar-refractivity contribution in [3.05, 3.63) is 77.4 Å². The number of hydrogen-bond donors (Lipinski definition) is 0. The van der Waals surface area contributed by atoms with Crippen molar-refractivity contribution in [2.24, 2.45) is 0 Å². The van der Waals surface area contributed by atoms with Gasteiger partial charge in [0, 0.05) is 17.7 Å². The van der Waals surface area contributed by atoms with Crippen LogP contribution in [0.15, 0.2) is 60.7 Å². The lowest BCUT2D eigenvalue weighted by Crippen LogP contribution is -1.99. The molecule has 0 saturated heterocycles. The maximum Gasteiger partial charge on any atom is 0.141 e. The molecule has 0 radical (unpaired) electrons. The van der Waals surface area contributed by atoms with Gasteiger partial charge in [-0.05, 0) is 62.6 Å². The van der Waals surface area contributed by atoms with E-state index < -0.39 is 0 Å². The molecule has 0 aliphatic carbocycles. The van der Waals surface area contributed by atoms with Gasteiger partial charge in [0.15, 0.2) is 0 Å². The Labute approximate surface area is 166 Å². The molecule has 2 nitrogen and oxygen atoms in total. The fourth-order valence-electron chi connectivity index (χ4n) is 3.91. The SMILES string of the molecule is CC#Cc1ccc2c(c1)nc(-c1ccccc1-c1ccc(C)cc1C)n2CC. The second-order valence-electron chi connectivity index (χ2n) is 7.12. The van der Waals surface area contributed by atoms with E-state index in [1.807, 2.05) is 6.92 Å². The molecule has 2 heteroatoms. The lowest BCUT2D eigenvalue weighted by atomic mass is 9.94. The average molecular weight is 364 g/mol. The summed E-state index contributed by atoms with van der Waals surface area (Å²) in [6.45, 7) is 9.21. The lowest BCUT2D eigenvalue weighted by molar-refractivity contribution is 0.796. The van der Waals surface area contributed by atoms with Gasteiger partial charge >= 0.3 is 0 Å². The fraction of sp³-hybridized carbons (Fsp3) is 0.192. The van der Waals surface area contributed by atoms with Crippen LogP contribution >= 0.6 is 0 Å². The highest BCUT2D eigenvalue weighted by atomic mass is 15.1. The highest BCUT2D eigenvalue weighted by Crippen LogP contribution is 2.35. The first-order chi connectivity index (χ1) is 13.6. The molecule has 3 aromatic carbocycles. The Balaban J connectivity index is 1.97. The van der Waals surface area contributed by atoms with Crippen LogP contribution in [-0.4, -0.2) is 9.55 Å². The summed E-state index contributed by atoms with van der Waals surface area (Å²) in [5, 5.41) is 0. The van der Waals surface area contributed by atoms with E-state index in [1.54, 1.807) is 0 Å². The summed E-state index contributed by atoms with van der Waals surface area (Å²) in [5.41, 5.74) is 9.35. The zero-order valence-corrected chi connectivity index (χ0v) is 16.9. The van der Waals surface area contributed by atoms with Crippen molar-refractivity contribution in [2.75, 3.05) is 0 Å². The Morgan fingerprint density at radius 3 is 2.39 bits per heavy atom. The van der Waals surface area contributed by atoms with Crippen LogP contribution in [0.5, 0.6) is 0 Å². The molecule has 1 aromatic heterocycles. The van der Waals surface area contributed by atoms with Crippen molar-refractivity contribution in [1.82, 2.24) is 9.55 Å². The first-order valence-corrected chi connectivity index (χ1v) is 9.72. The van der Waals surface area contributed by atoms with Gasteiger partial charge in [0.05, 0.1) is 11.0 Å². The van der Waals surface area contributed by atoms with Gasteiger partial charge in [-0.15, -0.1) is 5.92 Å². The van der Waals surface area contributed by atoms with E-state index in [0.717, 1.165) is 34.5 Å². The predicted molar refractivity (Wildman–Crippen MR) is 118 cm³/mol. The van der Waals surface area contributed by atoms with Gasteiger partial charge in [0.25, 0.3) is 0 Å². The Kier molecular flexibility index (Phi) is 4.75. The number of aromatic nitrogens is 2. The van der Waals surface area contributed by atoms with E-state index in [4.69, 9.17) is 4.98 Å². The van der Waals surface area contributed by atoms with E-state index in [0.29, 0.717) is 0 Å². The standard InChI is InChI=1S/C26H24N2/c1-5-9-20-13-15-25-24(17-20)27-26(28(25)6-2)23-11-8-7-10-22(23)21-14-12-18(3)16-19(21)4/h7-8,10-17H,6H2,1-4H3. The molecule has 0 bridgehead atoms. The highest BCUT2D eigenvalue weighted by molar-refractivity contribution is 5.88. The minimum atomic E-state index is 0.867. The molecule has 0 atom stereocenters. The normalized spacial score (nSPS) is 10.7. The summed E-state index contributed by atoms with van der Waals surface area (Å²) >= 11 is 0. The van der Waals surface area contributed by atoms with Crippen LogP contribution in [-0.2, 0) is 6.54 Å². The molecule has 0 fully saturated rings. The largest absolute Gasteiger partial charge is 0.324 e. The highest BCUT2D eigenvalue weighted by Gasteiger charge is 2.16. The molecule has 4 aromatic rings. The third kappa shape index (κ3) is 3.10. The zero-order valence-electron chi connectivity index (χ0n) is 16.9. The van der Waals surface area contributed by atoms with Crippen molar-refractivity contribution in [2.45, 2.75) is 34.2 Å². The van der Waals surface area contributed by atoms with Gasteiger partial charge in [-0.3, -0.25) is 0 Å². The summed E-state index contributed by atoms with van der Waals surface area (Å²) in [6.07, 6.45) is 0. The average Bonchev–Trinajstić information content (AvgIpc) is 3.06. The molecular weight excluding hydrogens is 340 g/mol. The van der Waals surface area contributed by atoms with E-state index in [2.05, 4.69) is 97.8 Å². The summed E-state index contributed by atoms with van der Waals surface area (Å²) in [6, 6.07) is 21.5. The predicted octanol–water partition coefficient (Wildman–Crippen LogP) is 6.38. The minimum Gasteiger partial charge on any atom is -0.324 e. The third-order valence-electron chi connectivity index (χ3n) is 5.17. The summed E-state index contributed by atoms with van der Waals surface area (Å²) in [7, 11) is 0. The van der Waals surface area contributed by atoms with Crippen LogP contribution in [0.3, 0.4) is 0 Å². The van der Waals surface area contributed by atoms with Crippen LogP contribution in [0, 0.1) is 25.7 Å². The molecule has 0 aliphatic heterocycles. The summed E-state index contributed by atoms with van der Waals surface area (Å²) in [4.78, 5) is 5.03. The molecule has 1 heterocycles. The number of nitrogens with zero attached hydrogens (tertiary/aromatic N) is 2. The first kappa shape index (κ1) is 18.1. The van der Waals surface area contributed by atoms with Gasteiger partial charge in [0.1, 0.15) is 5.82 Å². The lowest BCUT2D eigenvalue weighted by Gasteiger charge is -2.14. The summed E-state index contributed by atoms with van der Waals surface area (Å²) < 4.78 is 2.29. The molecule has 138 valence electrons. The molecule has 0 aliphatic rings. The van der Waals surface area contributed by atoms with Crippen molar-refractivity contribution < 1.29 is 0 Å². The molecule has 4 rings (SSSR count). The Hall–Kier alpha value is -3.31. The van der Waals surface area contributed by atoms with E-state index >= 15 is 0 Å². The quantitative estimate of drug-likeness (QED) is 0.386. The smallest absolute Gasteiger partial charge is 0.141 e. The van der Waals surface area contributed by atoms with E-state index in [1.165, 1.54) is 22.3 Å². The molecule has 0 N–H and O–H groups in total. The van der Waals surface area contributed by atoms with Crippen LogP contribution < -0.4 is 0 Å². The van der Waals surface area contributed by atoms with Gasteiger partial charge in [0.2, 0.25) is 0 Å². The third-order valence-corrected chi connectivity index (χ3v) is 5.17. The maximum absolute atomic E-state index is 5.03.